The van der Waals surface area contributed by atoms with E-state index in [9.17, 15) is 0 Å². The van der Waals surface area contributed by atoms with E-state index in [0.29, 0.717) is 6.54 Å². The van der Waals surface area contributed by atoms with Gasteiger partial charge < -0.3 is 5.73 Å². The first-order chi connectivity index (χ1) is 9.38. The van der Waals surface area contributed by atoms with Crippen LogP contribution in [0, 0.1) is 0 Å². The maximum absolute atomic E-state index is 5.91. The van der Waals surface area contributed by atoms with Crippen LogP contribution >= 0.6 is 0 Å². The average Bonchev–Trinajstić information content (AvgIpc) is 2.49. The predicted octanol–water partition coefficient (Wildman–Crippen LogP) is 2.72. The number of nitrogens with zero attached hydrogens (tertiary/aromatic N) is 2. The fraction of sp³-hybridized carbons (Fsp3) is 0.125. The second kappa shape index (κ2) is 5.16. The summed E-state index contributed by atoms with van der Waals surface area (Å²) in [6, 6.07) is 18.6. The Hall–Kier alpha value is -2.26. The highest BCUT2D eigenvalue weighted by Crippen LogP contribution is 2.25. The molecule has 1 heterocycles. The largest absolute Gasteiger partial charge is 0.329 e. The van der Waals surface area contributed by atoms with Crippen LogP contribution in [0.5, 0.6) is 0 Å². The Morgan fingerprint density at radius 2 is 1.79 bits per heavy atom. The highest BCUT2D eigenvalue weighted by atomic mass is 15.1. The molecular weight excluding hydrogens is 234 g/mol. The highest BCUT2D eigenvalue weighted by Gasteiger charge is 2.14. The van der Waals surface area contributed by atoms with Gasteiger partial charge in [-0.15, -0.1) is 0 Å². The molecule has 0 saturated heterocycles. The number of rotatable bonds is 3. The van der Waals surface area contributed by atoms with Crippen molar-refractivity contribution in [3.63, 3.8) is 0 Å². The molecule has 94 valence electrons. The maximum Gasteiger partial charge on any atom is 0.0718 e. The van der Waals surface area contributed by atoms with Gasteiger partial charge in [0.15, 0.2) is 0 Å². The average molecular weight is 249 g/mol. The van der Waals surface area contributed by atoms with Crippen LogP contribution in [0.1, 0.15) is 17.2 Å². The van der Waals surface area contributed by atoms with E-state index >= 15 is 0 Å². The summed E-state index contributed by atoms with van der Waals surface area (Å²) in [6.07, 6.45) is 1.68. The van der Waals surface area contributed by atoms with Gasteiger partial charge in [-0.25, -0.2) is 0 Å². The van der Waals surface area contributed by atoms with Crippen molar-refractivity contribution >= 4 is 10.8 Å². The number of aromatic nitrogens is 2. The molecule has 1 atom stereocenters. The van der Waals surface area contributed by atoms with Crippen LogP contribution in [0.15, 0.2) is 60.8 Å². The number of nitrogens with two attached hydrogens (primary N) is 1. The molecule has 0 fully saturated rings. The molecule has 0 aliphatic carbocycles. The molecule has 0 bridgehead atoms. The van der Waals surface area contributed by atoms with Crippen LogP contribution in [0.25, 0.3) is 10.8 Å². The smallest absolute Gasteiger partial charge is 0.0718 e. The Bertz CT molecular complexity index is 680. The zero-order valence-corrected chi connectivity index (χ0v) is 10.5. The van der Waals surface area contributed by atoms with Crippen LogP contribution in [0.4, 0.5) is 0 Å². The summed E-state index contributed by atoms with van der Waals surface area (Å²) >= 11 is 0. The lowest BCUT2D eigenvalue weighted by Crippen LogP contribution is -2.15. The Morgan fingerprint density at radius 1 is 0.947 bits per heavy atom. The number of hydrogen-bond acceptors (Lipinski definition) is 3. The van der Waals surface area contributed by atoms with E-state index in [4.69, 9.17) is 5.73 Å². The van der Waals surface area contributed by atoms with Gasteiger partial charge in [-0.3, -0.25) is 0 Å². The molecule has 0 aliphatic heterocycles. The van der Waals surface area contributed by atoms with Gasteiger partial charge in [-0.2, -0.15) is 10.2 Å². The molecule has 0 spiro atoms. The third-order valence-electron chi connectivity index (χ3n) is 3.36. The van der Waals surface area contributed by atoms with E-state index in [-0.39, 0.29) is 5.92 Å². The molecular formula is C16H15N3. The second-order valence-electron chi connectivity index (χ2n) is 4.54. The molecule has 3 rings (SSSR count). The van der Waals surface area contributed by atoms with Crippen molar-refractivity contribution in [3.8, 4) is 0 Å². The number of benzene rings is 2. The van der Waals surface area contributed by atoms with Crippen molar-refractivity contribution in [1.29, 1.82) is 0 Å². The monoisotopic (exact) mass is 249 g/mol. The Balaban J connectivity index is 2.06. The van der Waals surface area contributed by atoms with Crippen molar-refractivity contribution in [3.05, 3.63) is 72.1 Å². The summed E-state index contributed by atoms with van der Waals surface area (Å²) in [6.45, 7) is 0.525. The fourth-order valence-corrected chi connectivity index (χ4v) is 2.35. The highest BCUT2D eigenvalue weighted by molar-refractivity contribution is 5.83. The van der Waals surface area contributed by atoms with Gasteiger partial charge in [0.25, 0.3) is 0 Å². The zero-order valence-electron chi connectivity index (χ0n) is 10.5. The molecule has 19 heavy (non-hydrogen) atoms. The van der Waals surface area contributed by atoms with E-state index in [0.717, 1.165) is 5.69 Å². The van der Waals surface area contributed by atoms with Crippen molar-refractivity contribution in [2.75, 3.05) is 6.54 Å². The maximum atomic E-state index is 5.91. The van der Waals surface area contributed by atoms with Gasteiger partial charge in [-0.05, 0) is 28.5 Å². The van der Waals surface area contributed by atoms with Crippen LogP contribution in [0.2, 0.25) is 0 Å². The van der Waals surface area contributed by atoms with Crippen molar-refractivity contribution in [2.24, 2.45) is 5.73 Å². The van der Waals surface area contributed by atoms with Crippen LogP contribution in [-0.4, -0.2) is 16.7 Å². The third kappa shape index (κ3) is 2.33. The fourth-order valence-electron chi connectivity index (χ4n) is 2.35. The number of hydrogen-bond donors (Lipinski definition) is 1. The third-order valence-corrected chi connectivity index (χ3v) is 3.36. The lowest BCUT2D eigenvalue weighted by molar-refractivity contribution is 0.761. The molecule has 0 aliphatic rings. The van der Waals surface area contributed by atoms with Gasteiger partial charge in [-0.1, -0.05) is 42.5 Å². The second-order valence-corrected chi connectivity index (χ2v) is 4.54. The number of fused-ring (bicyclic) bond motifs is 1. The molecule has 1 aromatic heterocycles. The molecule has 1 unspecified atom stereocenters. The summed E-state index contributed by atoms with van der Waals surface area (Å²) in [5.41, 5.74) is 8.01. The van der Waals surface area contributed by atoms with Gasteiger partial charge in [0.1, 0.15) is 0 Å². The summed E-state index contributed by atoms with van der Waals surface area (Å²) in [5.74, 6) is 0.0957. The first kappa shape index (κ1) is 11.8. The molecule has 3 nitrogen and oxygen atoms in total. The SMILES string of the molecule is NCC(c1ccc2ccccc2c1)c1cccnn1. The summed E-state index contributed by atoms with van der Waals surface area (Å²) in [7, 11) is 0. The molecule has 0 saturated carbocycles. The van der Waals surface area contributed by atoms with E-state index in [1.54, 1.807) is 6.20 Å². The first-order valence-corrected chi connectivity index (χ1v) is 6.35. The summed E-state index contributed by atoms with van der Waals surface area (Å²) in [5, 5.41) is 10.6. The standard InChI is InChI=1S/C16H15N3/c17-11-15(16-6-3-9-18-19-16)14-8-7-12-4-1-2-5-13(12)10-14/h1-10,15H,11,17H2. The first-order valence-electron chi connectivity index (χ1n) is 6.35. The minimum Gasteiger partial charge on any atom is -0.329 e. The van der Waals surface area contributed by atoms with Crippen molar-refractivity contribution < 1.29 is 0 Å². The molecule has 2 N–H and O–H groups in total. The molecule has 2 aromatic carbocycles. The molecule has 3 heteroatoms. The quantitative estimate of drug-likeness (QED) is 0.776. The Labute approximate surface area is 112 Å². The van der Waals surface area contributed by atoms with Crippen LogP contribution < -0.4 is 5.73 Å². The van der Waals surface area contributed by atoms with Crippen LogP contribution in [0.3, 0.4) is 0 Å². The zero-order chi connectivity index (χ0) is 13.1. The molecule has 0 amide bonds. The lowest BCUT2D eigenvalue weighted by Gasteiger charge is -2.14. The van der Waals surface area contributed by atoms with E-state index < -0.39 is 0 Å². The molecule has 3 aromatic rings. The van der Waals surface area contributed by atoms with E-state index in [1.807, 2.05) is 24.3 Å². The van der Waals surface area contributed by atoms with Crippen molar-refractivity contribution in [1.82, 2.24) is 10.2 Å². The minimum absolute atomic E-state index is 0.0957. The normalized spacial score (nSPS) is 12.5. The van der Waals surface area contributed by atoms with E-state index in [1.165, 1.54) is 16.3 Å². The van der Waals surface area contributed by atoms with Gasteiger partial charge in [0.05, 0.1) is 5.69 Å². The van der Waals surface area contributed by atoms with Gasteiger partial charge in [0.2, 0.25) is 0 Å². The van der Waals surface area contributed by atoms with Gasteiger partial charge in [0, 0.05) is 18.7 Å². The minimum atomic E-state index is 0.0957. The lowest BCUT2D eigenvalue weighted by atomic mass is 9.93. The topological polar surface area (TPSA) is 51.8 Å². The van der Waals surface area contributed by atoms with Gasteiger partial charge >= 0.3 is 0 Å². The Morgan fingerprint density at radius 3 is 2.53 bits per heavy atom. The molecule has 0 radical (unpaired) electrons. The summed E-state index contributed by atoms with van der Waals surface area (Å²) < 4.78 is 0. The van der Waals surface area contributed by atoms with Crippen molar-refractivity contribution in [2.45, 2.75) is 5.92 Å². The Kier molecular flexibility index (Phi) is 3.21. The van der Waals surface area contributed by atoms with E-state index in [2.05, 4.69) is 40.5 Å². The van der Waals surface area contributed by atoms with Crippen LogP contribution in [-0.2, 0) is 0 Å². The predicted molar refractivity (Wildman–Crippen MR) is 76.9 cm³/mol. The summed E-state index contributed by atoms with van der Waals surface area (Å²) in [4.78, 5) is 0.